The van der Waals surface area contributed by atoms with Crippen LogP contribution in [0.3, 0.4) is 0 Å². The zero-order valence-corrected chi connectivity index (χ0v) is 8.19. The van der Waals surface area contributed by atoms with Crippen molar-refractivity contribution in [2.45, 2.75) is 0 Å². The van der Waals surface area contributed by atoms with Gasteiger partial charge in [-0.3, -0.25) is 4.79 Å². The number of hydrogen-bond acceptors (Lipinski definition) is 7. The average molecular weight is 232 g/mol. The highest BCUT2D eigenvalue weighted by molar-refractivity contribution is 7.81. The summed E-state index contributed by atoms with van der Waals surface area (Å²) in [5.74, 6) is -6.39. The van der Waals surface area contributed by atoms with Gasteiger partial charge < -0.3 is 25.5 Å². The monoisotopic (exact) mass is 232 g/mol. The Hall–Kier alpha value is -1.76. The first-order valence-corrected chi connectivity index (χ1v) is 4.37. The lowest BCUT2D eigenvalue weighted by molar-refractivity contribution is 0.101. The molecule has 6 nitrogen and oxygen atoms in total. The number of carbonyl (C=O) groups is 1. The van der Waals surface area contributed by atoms with Crippen LogP contribution in [0, 0.1) is 0 Å². The third-order valence-electron chi connectivity index (χ3n) is 1.79. The molecule has 0 aromatic heterocycles. The van der Waals surface area contributed by atoms with E-state index in [1.54, 1.807) is 0 Å². The second kappa shape index (κ2) is 3.77. The molecule has 0 radical (unpaired) electrons. The molecule has 15 heavy (non-hydrogen) atoms. The number of Topliss-reactive ketones (excluding diaryl/α,β-unsaturated/α-hetero) is 1. The molecule has 1 rings (SSSR count). The van der Waals surface area contributed by atoms with Crippen LogP contribution in [0.25, 0.3) is 0 Å². The van der Waals surface area contributed by atoms with Crippen LogP contribution in [0.5, 0.6) is 28.7 Å². The van der Waals surface area contributed by atoms with Crippen molar-refractivity contribution >= 4 is 18.4 Å². The second-order valence-corrected chi connectivity index (χ2v) is 3.02. The first-order chi connectivity index (χ1) is 6.91. The molecule has 1 aromatic rings. The van der Waals surface area contributed by atoms with Crippen molar-refractivity contribution < 1.29 is 30.3 Å². The molecule has 0 aliphatic heterocycles. The summed E-state index contributed by atoms with van der Waals surface area (Å²) in [6.45, 7) is 0. The van der Waals surface area contributed by atoms with E-state index in [0.717, 1.165) is 0 Å². The van der Waals surface area contributed by atoms with E-state index in [9.17, 15) is 15.0 Å². The van der Waals surface area contributed by atoms with E-state index >= 15 is 0 Å². The first kappa shape index (κ1) is 11.3. The van der Waals surface area contributed by atoms with Gasteiger partial charge in [-0.15, -0.1) is 0 Å². The molecule has 0 atom stereocenters. The summed E-state index contributed by atoms with van der Waals surface area (Å²) < 4.78 is 0. The molecule has 0 fully saturated rings. The number of thiol groups is 1. The minimum Gasteiger partial charge on any atom is -0.504 e. The van der Waals surface area contributed by atoms with Crippen molar-refractivity contribution in [3.05, 3.63) is 5.56 Å². The van der Waals surface area contributed by atoms with Gasteiger partial charge in [0, 0.05) is 0 Å². The molecule has 0 saturated heterocycles. The molecule has 0 unspecified atom stereocenters. The Labute approximate surface area is 89.4 Å². The van der Waals surface area contributed by atoms with Gasteiger partial charge in [0.15, 0.2) is 17.3 Å². The van der Waals surface area contributed by atoms with E-state index in [1.807, 2.05) is 0 Å². The van der Waals surface area contributed by atoms with Crippen molar-refractivity contribution in [3.8, 4) is 28.7 Å². The number of carbonyl (C=O) groups excluding carboxylic acids is 1. The van der Waals surface area contributed by atoms with Crippen molar-refractivity contribution in [2.24, 2.45) is 0 Å². The van der Waals surface area contributed by atoms with Gasteiger partial charge in [0.05, 0.1) is 5.75 Å². The molecule has 0 spiro atoms. The van der Waals surface area contributed by atoms with Crippen LogP contribution in [0.1, 0.15) is 10.4 Å². The normalized spacial score (nSPS) is 10.2. The summed E-state index contributed by atoms with van der Waals surface area (Å²) in [6, 6.07) is 0. The molecular formula is C8H8O6S. The number of benzene rings is 1. The fourth-order valence-corrected chi connectivity index (χ4v) is 1.19. The minimum absolute atomic E-state index is 0.342. The summed E-state index contributed by atoms with van der Waals surface area (Å²) in [5.41, 5.74) is -0.683. The Bertz CT molecular complexity index is 399. The van der Waals surface area contributed by atoms with E-state index in [1.165, 1.54) is 0 Å². The maximum Gasteiger partial charge on any atom is 0.208 e. The predicted molar refractivity (Wildman–Crippen MR) is 52.9 cm³/mol. The molecule has 0 bridgehead atoms. The summed E-state index contributed by atoms with van der Waals surface area (Å²) >= 11 is 3.62. The van der Waals surface area contributed by atoms with Crippen LogP contribution >= 0.6 is 12.6 Å². The van der Waals surface area contributed by atoms with Crippen molar-refractivity contribution in [3.63, 3.8) is 0 Å². The predicted octanol–water partition coefficient (Wildman–Crippen LogP) is 0.327. The molecule has 7 heteroatoms. The molecule has 0 aliphatic carbocycles. The standard InChI is InChI=1S/C8H8O6S/c9-2(1-15)3-4(10)6(12)8(14)7(13)5(3)11/h10-15H,1H2. The van der Waals surface area contributed by atoms with Crippen LogP contribution in [0.15, 0.2) is 0 Å². The highest BCUT2D eigenvalue weighted by atomic mass is 32.1. The van der Waals surface area contributed by atoms with Crippen molar-refractivity contribution in [1.82, 2.24) is 0 Å². The van der Waals surface area contributed by atoms with Gasteiger partial charge in [0.2, 0.25) is 17.2 Å². The van der Waals surface area contributed by atoms with Crippen LogP contribution in [-0.2, 0) is 0 Å². The third-order valence-corrected chi connectivity index (χ3v) is 2.08. The topological polar surface area (TPSA) is 118 Å². The second-order valence-electron chi connectivity index (χ2n) is 2.70. The van der Waals surface area contributed by atoms with Gasteiger partial charge in [0.1, 0.15) is 5.56 Å². The van der Waals surface area contributed by atoms with Gasteiger partial charge in [-0.05, 0) is 0 Å². The summed E-state index contributed by atoms with van der Waals surface area (Å²) in [5, 5.41) is 45.7. The number of phenolic OH excluding ortho intramolecular Hbond substituents is 5. The van der Waals surface area contributed by atoms with Crippen LogP contribution in [-0.4, -0.2) is 37.1 Å². The Kier molecular flexibility index (Phi) is 2.85. The SMILES string of the molecule is O=C(CS)c1c(O)c(O)c(O)c(O)c1O. The van der Waals surface area contributed by atoms with E-state index in [4.69, 9.17) is 15.3 Å². The lowest BCUT2D eigenvalue weighted by atomic mass is 10.1. The summed E-state index contributed by atoms with van der Waals surface area (Å²) in [4.78, 5) is 11.2. The number of hydrogen-bond donors (Lipinski definition) is 6. The fraction of sp³-hybridized carbons (Fsp3) is 0.125. The quantitative estimate of drug-likeness (QED) is 0.189. The van der Waals surface area contributed by atoms with E-state index in [0.29, 0.717) is 0 Å². The molecule has 1 aromatic carbocycles. The summed E-state index contributed by atoms with van der Waals surface area (Å²) in [6.07, 6.45) is 0. The number of rotatable bonds is 2. The van der Waals surface area contributed by atoms with E-state index in [-0.39, 0.29) is 5.75 Å². The largest absolute Gasteiger partial charge is 0.504 e. The van der Waals surface area contributed by atoms with E-state index < -0.39 is 40.1 Å². The zero-order chi connectivity index (χ0) is 11.7. The molecule has 82 valence electrons. The number of ketones is 1. The van der Waals surface area contributed by atoms with Crippen LogP contribution in [0.4, 0.5) is 0 Å². The molecule has 0 heterocycles. The summed E-state index contributed by atoms with van der Waals surface area (Å²) in [7, 11) is 0. The minimum atomic E-state index is -1.10. The molecule has 0 aliphatic rings. The maximum atomic E-state index is 11.2. The van der Waals surface area contributed by atoms with Crippen molar-refractivity contribution in [1.29, 1.82) is 0 Å². The Morgan fingerprint density at radius 2 is 1.20 bits per heavy atom. The van der Waals surface area contributed by atoms with Crippen LogP contribution in [0.2, 0.25) is 0 Å². The van der Waals surface area contributed by atoms with Gasteiger partial charge in [0.25, 0.3) is 0 Å². The molecule has 0 saturated carbocycles. The van der Waals surface area contributed by atoms with Gasteiger partial charge in [-0.25, -0.2) is 0 Å². The van der Waals surface area contributed by atoms with Gasteiger partial charge in [-0.1, -0.05) is 0 Å². The highest BCUT2D eigenvalue weighted by Crippen LogP contribution is 2.50. The first-order valence-electron chi connectivity index (χ1n) is 3.74. The number of phenols is 5. The Balaban J connectivity index is 3.60. The van der Waals surface area contributed by atoms with E-state index in [2.05, 4.69) is 12.6 Å². The molecule has 0 amide bonds. The van der Waals surface area contributed by atoms with Gasteiger partial charge in [-0.2, -0.15) is 12.6 Å². The average Bonchev–Trinajstić information content (AvgIpc) is 2.23. The lowest BCUT2D eigenvalue weighted by Gasteiger charge is -2.10. The Morgan fingerprint density at radius 1 is 0.867 bits per heavy atom. The van der Waals surface area contributed by atoms with Crippen LogP contribution < -0.4 is 0 Å². The maximum absolute atomic E-state index is 11.2. The van der Waals surface area contributed by atoms with Gasteiger partial charge >= 0.3 is 0 Å². The molecular weight excluding hydrogens is 224 g/mol. The van der Waals surface area contributed by atoms with Crippen molar-refractivity contribution in [2.75, 3.05) is 5.75 Å². The zero-order valence-electron chi connectivity index (χ0n) is 7.30. The Morgan fingerprint density at radius 3 is 1.53 bits per heavy atom. The fourth-order valence-electron chi connectivity index (χ4n) is 1.03. The highest BCUT2D eigenvalue weighted by Gasteiger charge is 2.26. The third kappa shape index (κ3) is 1.61. The lowest BCUT2D eigenvalue weighted by Crippen LogP contribution is -2.01. The number of aromatic hydroxyl groups is 5. The molecule has 5 N–H and O–H groups in total. The smallest absolute Gasteiger partial charge is 0.208 e.